The number of nitrogens with two attached hydrogens (primary N) is 2. The van der Waals surface area contributed by atoms with Crippen molar-refractivity contribution < 1.29 is 4.79 Å². The lowest BCUT2D eigenvalue weighted by atomic mass is 9.95. The molecule has 0 unspecified atom stereocenters. The minimum Gasteiger partial charge on any atom is -0.369 e. The average molecular weight is 262 g/mol. The topological polar surface area (TPSA) is 85.2 Å². The molecule has 1 aliphatic rings. The largest absolute Gasteiger partial charge is 0.369 e. The molecule has 4 N–H and O–H groups in total. The lowest BCUT2D eigenvalue weighted by Crippen LogP contribution is -2.39. The van der Waals surface area contributed by atoms with E-state index in [1.54, 1.807) is 0 Å². The first-order valence-electron chi connectivity index (χ1n) is 6.74. The van der Waals surface area contributed by atoms with Gasteiger partial charge >= 0.3 is 0 Å². The van der Waals surface area contributed by atoms with E-state index in [0.29, 0.717) is 6.54 Å². The molecule has 0 aliphatic carbocycles. The van der Waals surface area contributed by atoms with Crippen molar-refractivity contribution in [1.82, 2.24) is 4.98 Å². The molecular weight excluding hydrogens is 240 g/mol. The van der Waals surface area contributed by atoms with E-state index in [1.807, 2.05) is 6.92 Å². The molecular formula is C14H22N4O. The summed E-state index contributed by atoms with van der Waals surface area (Å²) < 4.78 is 0. The van der Waals surface area contributed by atoms with Crippen molar-refractivity contribution in [3.63, 3.8) is 0 Å². The summed E-state index contributed by atoms with van der Waals surface area (Å²) in [6, 6.07) is 2.06. The molecule has 1 amide bonds. The lowest BCUT2D eigenvalue weighted by Gasteiger charge is -2.33. The molecule has 1 aromatic heterocycles. The van der Waals surface area contributed by atoms with Gasteiger partial charge < -0.3 is 16.4 Å². The molecule has 2 heterocycles. The highest BCUT2D eigenvalue weighted by Crippen LogP contribution is 2.26. The van der Waals surface area contributed by atoms with Gasteiger partial charge in [-0.1, -0.05) is 0 Å². The van der Waals surface area contributed by atoms with Crippen molar-refractivity contribution in [2.45, 2.75) is 33.2 Å². The second-order valence-corrected chi connectivity index (χ2v) is 5.25. The molecule has 0 aromatic carbocycles. The Bertz CT molecular complexity index is 479. The van der Waals surface area contributed by atoms with Crippen molar-refractivity contribution >= 4 is 11.7 Å². The molecule has 1 saturated heterocycles. The quantitative estimate of drug-likeness (QED) is 0.846. The molecule has 19 heavy (non-hydrogen) atoms. The minimum atomic E-state index is -0.188. The van der Waals surface area contributed by atoms with Crippen LogP contribution >= 0.6 is 0 Å². The highest BCUT2D eigenvalue weighted by Gasteiger charge is 2.25. The van der Waals surface area contributed by atoms with Crippen molar-refractivity contribution in [1.29, 1.82) is 0 Å². The Morgan fingerprint density at radius 3 is 2.58 bits per heavy atom. The van der Waals surface area contributed by atoms with E-state index < -0.39 is 0 Å². The van der Waals surface area contributed by atoms with Gasteiger partial charge in [-0.2, -0.15) is 0 Å². The van der Waals surface area contributed by atoms with Gasteiger partial charge in [0.05, 0.1) is 0 Å². The normalized spacial score (nSPS) is 16.7. The molecule has 0 bridgehead atoms. The molecule has 104 valence electrons. The zero-order chi connectivity index (χ0) is 14.0. The standard InChI is InChI=1S/C14H22N4O/c1-9-7-10(2)17-14(12(9)8-15)18-5-3-11(4-6-18)13(16)19/h7,11H,3-6,8,15H2,1-2H3,(H2,16,19). The number of aryl methyl sites for hydroxylation is 2. The molecule has 5 nitrogen and oxygen atoms in total. The van der Waals surface area contributed by atoms with Crippen LogP contribution in [0.5, 0.6) is 0 Å². The molecule has 0 radical (unpaired) electrons. The molecule has 0 spiro atoms. The van der Waals surface area contributed by atoms with Gasteiger partial charge in [0, 0.05) is 36.8 Å². The van der Waals surface area contributed by atoms with Crippen LogP contribution < -0.4 is 16.4 Å². The van der Waals surface area contributed by atoms with Gasteiger partial charge in [-0.3, -0.25) is 4.79 Å². The summed E-state index contributed by atoms with van der Waals surface area (Å²) in [5.74, 6) is 0.790. The van der Waals surface area contributed by atoms with Gasteiger partial charge in [0.25, 0.3) is 0 Å². The van der Waals surface area contributed by atoms with Crippen LogP contribution in [-0.2, 0) is 11.3 Å². The number of rotatable bonds is 3. The number of aromatic nitrogens is 1. The van der Waals surface area contributed by atoms with Crippen LogP contribution in [0.25, 0.3) is 0 Å². The summed E-state index contributed by atoms with van der Waals surface area (Å²) in [5.41, 5.74) is 14.5. The smallest absolute Gasteiger partial charge is 0.220 e. The number of hydrogen-bond acceptors (Lipinski definition) is 4. The van der Waals surface area contributed by atoms with Crippen molar-refractivity contribution in [3.05, 3.63) is 22.9 Å². The van der Waals surface area contributed by atoms with Gasteiger partial charge in [-0.05, 0) is 38.3 Å². The molecule has 2 rings (SSSR count). The van der Waals surface area contributed by atoms with Crippen LogP contribution in [0.15, 0.2) is 6.07 Å². The van der Waals surface area contributed by atoms with Crippen LogP contribution in [0.4, 0.5) is 5.82 Å². The Hall–Kier alpha value is -1.62. The molecule has 0 atom stereocenters. The van der Waals surface area contributed by atoms with Gasteiger partial charge in [-0.15, -0.1) is 0 Å². The van der Waals surface area contributed by atoms with Gasteiger partial charge in [-0.25, -0.2) is 4.98 Å². The fourth-order valence-corrected chi connectivity index (χ4v) is 2.73. The van der Waals surface area contributed by atoms with Crippen LogP contribution in [0.3, 0.4) is 0 Å². The van der Waals surface area contributed by atoms with E-state index in [1.165, 1.54) is 5.56 Å². The zero-order valence-corrected chi connectivity index (χ0v) is 11.6. The predicted octanol–water partition coefficient (Wildman–Crippen LogP) is 0.859. The summed E-state index contributed by atoms with van der Waals surface area (Å²) in [6.45, 7) is 6.18. The third kappa shape index (κ3) is 2.87. The van der Waals surface area contributed by atoms with Crippen LogP contribution in [0, 0.1) is 19.8 Å². The highest BCUT2D eigenvalue weighted by molar-refractivity contribution is 5.77. The third-order valence-corrected chi connectivity index (χ3v) is 3.85. The summed E-state index contributed by atoms with van der Waals surface area (Å²) in [6.07, 6.45) is 1.60. The minimum absolute atomic E-state index is 0.00322. The van der Waals surface area contributed by atoms with Crippen LogP contribution in [0.2, 0.25) is 0 Å². The van der Waals surface area contributed by atoms with Crippen molar-refractivity contribution in [2.24, 2.45) is 17.4 Å². The van der Waals surface area contributed by atoms with Crippen LogP contribution in [-0.4, -0.2) is 24.0 Å². The number of carbonyl (C=O) groups is 1. The van der Waals surface area contributed by atoms with Gasteiger partial charge in [0.1, 0.15) is 5.82 Å². The summed E-state index contributed by atoms with van der Waals surface area (Å²) in [4.78, 5) is 18.0. The monoisotopic (exact) mass is 262 g/mol. The first-order valence-corrected chi connectivity index (χ1v) is 6.74. The molecule has 1 fully saturated rings. The van der Waals surface area contributed by atoms with E-state index in [0.717, 1.165) is 43.0 Å². The number of anilines is 1. The third-order valence-electron chi connectivity index (χ3n) is 3.85. The Labute approximate surface area is 114 Å². The summed E-state index contributed by atoms with van der Waals surface area (Å²) in [5, 5.41) is 0. The van der Waals surface area contributed by atoms with E-state index in [4.69, 9.17) is 11.5 Å². The predicted molar refractivity (Wildman–Crippen MR) is 75.7 cm³/mol. The Balaban J connectivity index is 2.21. The molecule has 5 heteroatoms. The van der Waals surface area contributed by atoms with Crippen LogP contribution in [0.1, 0.15) is 29.7 Å². The van der Waals surface area contributed by atoms with Gasteiger partial charge in [0.15, 0.2) is 0 Å². The van der Waals surface area contributed by atoms with Gasteiger partial charge in [0.2, 0.25) is 5.91 Å². The van der Waals surface area contributed by atoms with Crippen molar-refractivity contribution in [3.8, 4) is 0 Å². The summed E-state index contributed by atoms with van der Waals surface area (Å²) >= 11 is 0. The second kappa shape index (κ2) is 5.57. The maximum Gasteiger partial charge on any atom is 0.220 e. The molecule has 1 aromatic rings. The first-order chi connectivity index (χ1) is 9.02. The number of pyridine rings is 1. The second-order valence-electron chi connectivity index (χ2n) is 5.25. The van der Waals surface area contributed by atoms with Crippen molar-refractivity contribution in [2.75, 3.05) is 18.0 Å². The Morgan fingerprint density at radius 2 is 2.05 bits per heavy atom. The maximum absolute atomic E-state index is 11.2. The fourth-order valence-electron chi connectivity index (χ4n) is 2.73. The zero-order valence-electron chi connectivity index (χ0n) is 11.6. The van der Waals surface area contributed by atoms with E-state index in [9.17, 15) is 4.79 Å². The Kier molecular flexibility index (Phi) is 4.04. The van der Waals surface area contributed by atoms with E-state index in [2.05, 4.69) is 22.9 Å². The first kappa shape index (κ1) is 13.8. The average Bonchev–Trinajstić information content (AvgIpc) is 2.38. The number of primary amides is 1. The summed E-state index contributed by atoms with van der Waals surface area (Å²) in [7, 11) is 0. The molecule has 0 saturated carbocycles. The lowest BCUT2D eigenvalue weighted by molar-refractivity contribution is -0.122. The SMILES string of the molecule is Cc1cc(C)c(CN)c(N2CCC(C(N)=O)CC2)n1. The van der Waals surface area contributed by atoms with E-state index in [-0.39, 0.29) is 11.8 Å². The number of amides is 1. The number of carbonyl (C=O) groups excluding carboxylic acids is 1. The number of hydrogen-bond donors (Lipinski definition) is 2. The number of piperidine rings is 1. The highest BCUT2D eigenvalue weighted by atomic mass is 16.1. The number of nitrogens with zero attached hydrogens (tertiary/aromatic N) is 2. The van der Waals surface area contributed by atoms with E-state index >= 15 is 0 Å². The maximum atomic E-state index is 11.2. The Morgan fingerprint density at radius 1 is 1.42 bits per heavy atom. The molecule has 1 aliphatic heterocycles. The fraction of sp³-hybridized carbons (Fsp3) is 0.571.